The van der Waals surface area contributed by atoms with Crippen molar-refractivity contribution in [2.24, 2.45) is 5.92 Å². The first-order chi connectivity index (χ1) is 9.10. The normalized spacial score (nSPS) is 15.6. The maximum Gasteiger partial charge on any atom is 0.305 e. The molecular weight excluding hydrogens is 248 g/mol. The fourth-order valence-corrected chi connectivity index (χ4v) is 1.78. The van der Waals surface area contributed by atoms with Crippen molar-refractivity contribution >= 4 is 11.9 Å². The van der Waals surface area contributed by atoms with Gasteiger partial charge in [-0.2, -0.15) is 0 Å². The summed E-state index contributed by atoms with van der Waals surface area (Å²) in [6.45, 7) is 0. The molecule has 1 aliphatic rings. The quantitative estimate of drug-likeness (QED) is 0.804. The summed E-state index contributed by atoms with van der Waals surface area (Å²) in [6, 6.07) is 2.81. The minimum Gasteiger partial charge on any atom is -0.481 e. The van der Waals surface area contributed by atoms with Crippen LogP contribution in [-0.4, -0.2) is 29.1 Å². The van der Waals surface area contributed by atoms with Crippen molar-refractivity contribution < 1.29 is 19.4 Å². The Kier molecular flexibility index (Phi) is 3.99. The molecule has 0 bridgehead atoms. The van der Waals surface area contributed by atoms with E-state index < -0.39 is 12.0 Å². The van der Waals surface area contributed by atoms with Crippen molar-refractivity contribution in [2.75, 3.05) is 7.11 Å². The van der Waals surface area contributed by atoms with Crippen LogP contribution in [-0.2, 0) is 9.59 Å². The molecule has 1 heterocycles. The molecule has 1 atom stereocenters. The molecule has 0 saturated heterocycles. The van der Waals surface area contributed by atoms with Gasteiger partial charge in [0.25, 0.3) is 0 Å². The second kappa shape index (κ2) is 5.69. The summed E-state index contributed by atoms with van der Waals surface area (Å²) < 4.78 is 4.94. The highest BCUT2D eigenvalue weighted by Gasteiger charge is 2.31. The number of ether oxygens (including phenoxy) is 1. The van der Waals surface area contributed by atoms with E-state index in [4.69, 9.17) is 9.84 Å². The average molecular weight is 264 g/mol. The Morgan fingerprint density at radius 1 is 1.53 bits per heavy atom. The second-order valence-electron chi connectivity index (χ2n) is 4.57. The molecule has 1 aromatic heterocycles. The molecule has 2 N–H and O–H groups in total. The lowest BCUT2D eigenvalue weighted by atomic mass is 10.1. The molecule has 1 fully saturated rings. The molecule has 6 nitrogen and oxygen atoms in total. The Labute approximate surface area is 110 Å². The highest BCUT2D eigenvalue weighted by Crippen LogP contribution is 2.30. The molecule has 1 aromatic rings. The van der Waals surface area contributed by atoms with E-state index in [0.29, 0.717) is 11.4 Å². The first-order valence-electron chi connectivity index (χ1n) is 6.12. The van der Waals surface area contributed by atoms with Gasteiger partial charge in [0.2, 0.25) is 11.8 Å². The highest BCUT2D eigenvalue weighted by molar-refractivity contribution is 5.82. The number of rotatable bonds is 6. The number of aromatic nitrogens is 1. The van der Waals surface area contributed by atoms with Crippen LogP contribution in [0.4, 0.5) is 0 Å². The van der Waals surface area contributed by atoms with Crippen LogP contribution in [0.25, 0.3) is 0 Å². The Bertz CT molecular complexity index is 468. The lowest BCUT2D eigenvalue weighted by molar-refractivity contribution is -0.137. The lowest BCUT2D eigenvalue weighted by Gasteiger charge is -2.17. The average Bonchev–Trinajstić information content (AvgIpc) is 3.22. The molecule has 1 saturated carbocycles. The van der Waals surface area contributed by atoms with E-state index in [1.165, 1.54) is 13.3 Å². The van der Waals surface area contributed by atoms with Crippen LogP contribution in [0.1, 0.15) is 30.9 Å². The zero-order valence-corrected chi connectivity index (χ0v) is 10.6. The maximum absolute atomic E-state index is 11.7. The van der Waals surface area contributed by atoms with Gasteiger partial charge in [0.1, 0.15) is 0 Å². The van der Waals surface area contributed by atoms with Crippen molar-refractivity contribution in [1.29, 1.82) is 0 Å². The SMILES string of the molecule is COc1ccc(C(CC(=O)O)NC(=O)C2CC2)cn1. The van der Waals surface area contributed by atoms with Crippen LogP contribution >= 0.6 is 0 Å². The minimum absolute atomic E-state index is 0.0440. The molecule has 0 radical (unpaired) electrons. The van der Waals surface area contributed by atoms with Crippen molar-refractivity contribution in [3.05, 3.63) is 23.9 Å². The number of hydrogen-bond acceptors (Lipinski definition) is 4. The number of amides is 1. The number of carboxylic acid groups (broad SMARTS) is 1. The zero-order chi connectivity index (χ0) is 13.8. The summed E-state index contributed by atoms with van der Waals surface area (Å²) in [6.07, 6.45) is 3.13. The van der Waals surface area contributed by atoms with Crippen LogP contribution in [0, 0.1) is 5.92 Å². The number of carbonyl (C=O) groups is 2. The van der Waals surface area contributed by atoms with Crippen LogP contribution in [0.3, 0.4) is 0 Å². The third-order valence-corrected chi connectivity index (χ3v) is 3.01. The van der Waals surface area contributed by atoms with E-state index >= 15 is 0 Å². The Hall–Kier alpha value is -2.11. The van der Waals surface area contributed by atoms with E-state index in [0.717, 1.165) is 12.8 Å². The van der Waals surface area contributed by atoms with Crippen LogP contribution in [0.15, 0.2) is 18.3 Å². The fourth-order valence-electron chi connectivity index (χ4n) is 1.78. The third-order valence-electron chi connectivity index (χ3n) is 3.01. The van der Waals surface area contributed by atoms with Gasteiger partial charge in [0.05, 0.1) is 19.6 Å². The summed E-state index contributed by atoms with van der Waals surface area (Å²) in [7, 11) is 1.51. The molecule has 6 heteroatoms. The number of nitrogens with one attached hydrogen (secondary N) is 1. The largest absolute Gasteiger partial charge is 0.481 e. The second-order valence-corrected chi connectivity index (χ2v) is 4.57. The predicted molar refractivity (Wildman–Crippen MR) is 66.6 cm³/mol. The van der Waals surface area contributed by atoms with Gasteiger partial charge < -0.3 is 15.2 Å². The molecule has 1 amide bonds. The fraction of sp³-hybridized carbons (Fsp3) is 0.462. The summed E-state index contributed by atoms with van der Waals surface area (Å²) >= 11 is 0. The monoisotopic (exact) mass is 264 g/mol. The standard InChI is InChI=1S/C13H16N2O4/c1-19-11-5-4-9(7-14-11)10(6-12(16)17)15-13(18)8-2-3-8/h4-5,7-8,10H,2-3,6H2,1H3,(H,15,18)(H,16,17). The molecule has 1 unspecified atom stereocenters. The number of hydrogen-bond donors (Lipinski definition) is 2. The van der Waals surface area contributed by atoms with E-state index in [-0.39, 0.29) is 18.2 Å². The molecule has 19 heavy (non-hydrogen) atoms. The predicted octanol–water partition coefficient (Wildman–Crippen LogP) is 1.13. The Morgan fingerprint density at radius 3 is 2.74 bits per heavy atom. The van der Waals surface area contributed by atoms with Gasteiger partial charge in [0.15, 0.2) is 0 Å². The number of carbonyl (C=O) groups excluding carboxylic acids is 1. The van der Waals surface area contributed by atoms with Crippen LogP contribution in [0.2, 0.25) is 0 Å². The van der Waals surface area contributed by atoms with E-state index in [1.807, 2.05) is 0 Å². The zero-order valence-electron chi connectivity index (χ0n) is 10.6. The molecular formula is C13H16N2O4. The van der Waals surface area contributed by atoms with Crippen LogP contribution < -0.4 is 10.1 Å². The molecule has 0 aromatic carbocycles. The lowest BCUT2D eigenvalue weighted by Crippen LogP contribution is -2.31. The molecule has 2 rings (SSSR count). The number of carboxylic acids is 1. The van der Waals surface area contributed by atoms with Gasteiger partial charge in [-0.05, 0) is 18.4 Å². The van der Waals surface area contributed by atoms with Crippen molar-refractivity contribution in [1.82, 2.24) is 10.3 Å². The first-order valence-corrected chi connectivity index (χ1v) is 6.12. The van der Waals surface area contributed by atoms with Gasteiger partial charge in [-0.1, -0.05) is 6.07 Å². The first kappa shape index (κ1) is 13.3. The van der Waals surface area contributed by atoms with Crippen molar-refractivity contribution in [3.63, 3.8) is 0 Å². The topological polar surface area (TPSA) is 88.5 Å². The number of aliphatic carboxylic acids is 1. The highest BCUT2D eigenvalue weighted by atomic mass is 16.5. The summed E-state index contributed by atoms with van der Waals surface area (Å²) in [4.78, 5) is 26.6. The molecule has 0 spiro atoms. The Morgan fingerprint density at radius 2 is 2.26 bits per heavy atom. The van der Waals surface area contributed by atoms with Gasteiger partial charge in [0, 0.05) is 18.2 Å². The minimum atomic E-state index is -0.961. The summed E-state index contributed by atoms with van der Waals surface area (Å²) in [5, 5.41) is 11.7. The number of pyridine rings is 1. The number of methoxy groups -OCH3 is 1. The van der Waals surface area contributed by atoms with Crippen molar-refractivity contribution in [2.45, 2.75) is 25.3 Å². The van der Waals surface area contributed by atoms with Gasteiger partial charge >= 0.3 is 5.97 Å². The number of nitrogens with zero attached hydrogens (tertiary/aromatic N) is 1. The smallest absolute Gasteiger partial charge is 0.305 e. The molecule has 0 aliphatic heterocycles. The van der Waals surface area contributed by atoms with Gasteiger partial charge in [-0.25, -0.2) is 4.98 Å². The molecule has 102 valence electrons. The van der Waals surface area contributed by atoms with Gasteiger partial charge in [-0.3, -0.25) is 9.59 Å². The van der Waals surface area contributed by atoms with E-state index in [1.54, 1.807) is 12.1 Å². The maximum atomic E-state index is 11.7. The van der Waals surface area contributed by atoms with E-state index in [2.05, 4.69) is 10.3 Å². The third kappa shape index (κ3) is 3.67. The van der Waals surface area contributed by atoms with E-state index in [9.17, 15) is 9.59 Å². The van der Waals surface area contributed by atoms with Gasteiger partial charge in [-0.15, -0.1) is 0 Å². The van der Waals surface area contributed by atoms with Crippen LogP contribution in [0.5, 0.6) is 5.88 Å². The molecule has 1 aliphatic carbocycles. The summed E-state index contributed by atoms with van der Waals surface area (Å²) in [5.41, 5.74) is 0.664. The Balaban J connectivity index is 2.10. The summed E-state index contributed by atoms with van der Waals surface area (Å²) in [5.74, 6) is -0.548. The van der Waals surface area contributed by atoms with Crippen molar-refractivity contribution in [3.8, 4) is 5.88 Å².